The summed E-state index contributed by atoms with van der Waals surface area (Å²) in [5.74, 6) is -2.00. The molecule has 128 valence electrons. The van der Waals surface area contributed by atoms with Gasteiger partial charge < -0.3 is 5.32 Å². The molecule has 0 radical (unpaired) electrons. The molecule has 0 saturated carbocycles. The molecule has 2 amide bonds. The number of hydrazone groups is 1. The van der Waals surface area contributed by atoms with Crippen molar-refractivity contribution in [2.24, 2.45) is 5.10 Å². The van der Waals surface area contributed by atoms with E-state index in [1.807, 2.05) is 5.43 Å². The fraction of sp³-hybridized carbons (Fsp3) is 0. The lowest BCUT2D eigenvalue weighted by Gasteiger charge is -2.06. The summed E-state index contributed by atoms with van der Waals surface area (Å²) < 4.78 is 0. The molecular formula is C15H10Cl2N4O4. The van der Waals surface area contributed by atoms with Gasteiger partial charge in [0, 0.05) is 12.1 Å². The predicted octanol–water partition coefficient (Wildman–Crippen LogP) is 2.99. The molecule has 2 aromatic rings. The van der Waals surface area contributed by atoms with Gasteiger partial charge in [0.1, 0.15) is 0 Å². The van der Waals surface area contributed by atoms with Crippen molar-refractivity contribution >= 4 is 52.6 Å². The number of hydrogen-bond acceptors (Lipinski definition) is 5. The number of benzene rings is 2. The molecular weight excluding hydrogens is 371 g/mol. The number of nitro groups is 1. The molecule has 0 spiro atoms. The van der Waals surface area contributed by atoms with Crippen molar-refractivity contribution in [1.82, 2.24) is 5.43 Å². The zero-order valence-corrected chi connectivity index (χ0v) is 13.9. The second-order valence-corrected chi connectivity index (χ2v) is 5.39. The van der Waals surface area contributed by atoms with Gasteiger partial charge in [-0.2, -0.15) is 5.10 Å². The van der Waals surface area contributed by atoms with Crippen molar-refractivity contribution < 1.29 is 14.5 Å². The molecule has 8 nitrogen and oxygen atoms in total. The molecule has 0 bridgehead atoms. The first-order chi connectivity index (χ1) is 11.9. The van der Waals surface area contributed by atoms with Crippen LogP contribution >= 0.6 is 23.2 Å². The maximum atomic E-state index is 11.8. The Morgan fingerprint density at radius 2 is 1.76 bits per heavy atom. The van der Waals surface area contributed by atoms with Gasteiger partial charge in [-0.25, -0.2) is 5.43 Å². The fourth-order valence-electron chi connectivity index (χ4n) is 1.68. The summed E-state index contributed by atoms with van der Waals surface area (Å²) in [7, 11) is 0. The third-order valence-electron chi connectivity index (χ3n) is 2.89. The molecule has 0 aliphatic heterocycles. The maximum absolute atomic E-state index is 11.8. The average Bonchev–Trinajstić information content (AvgIpc) is 2.59. The molecule has 2 N–H and O–H groups in total. The van der Waals surface area contributed by atoms with Gasteiger partial charge in [0.05, 0.1) is 26.9 Å². The molecule has 0 aliphatic rings. The second kappa shape index (κ2) is 8.22. The number of rotatable bonds is 4. The molecule has 2 aromatic carbocycles. The van der Waals surface area contributed by atoms with Crippen molar-refractivity contribution in [2.45, 2.75) is 0 Å². The lowest BCUT2D eigenvalue weighted by Crippen LogP contribution is -2.32. The number of halogens is 2. The second-order valence-electron chi connectivity index (χ2n) is 4.60. The average molecular weight is 381 g/mol. The predicted molar refractivity (Wildman–Crippen MR) is 93.9 cm³/mol. The van der Waals surface area contributed by atoms with Crippen LogP contribution in [0, 0.1) is 10.1 Å². The van der Waals surface area contributed by atoms with E-state index in [2.05, 4.69) is 10.4 Å². The monoisotopic (exact) mass is 380 g/mol. The number of anilines is 1. The first-order valence-corrected chi connectivity index (χ1v) is 7.47. The number of hydrogen-bond donors (Lipinski definition) is 2. The van der Waals surface area contributed by atoms with Crippen molar-refractivity contribution in [2.75, 3.05) is 5.32 Å². The lowest BCUT2D eigenvalue weighted by molar-refractivity contribution is -0.384. The zero-order chi connectivity index (χ0) is 18.4. The van der Waals surface area contributed by atoms with E-state index < -0.39 is 16.7 Å². The van der Waals surface area contributed by atoms with E-state index in [9.17, 15) is 19.7 Å². The Kier molecular flexibility index (Phi) is 6.04. The van der Waals surface area contributed by atoms with Crippen molar-refractivity contribution in [1.29, 1.82) is 0 Å². The van der Waals surface area contributed by atoms with Crippen LogP contribution in [-0.4, -0.2) is 23.0 Å². The summed E-state index contributed by atoms with van der Waals surface area (Å²) in [6, 6.07) is 10.1. The molecule has 0 fully saturated rings. The van der Waals surface area contributed by atoms with Crippen LogP contribution in [0.25, 0.3) is 0 Å². The highest BCUT2D eigenvalue weighted by atomic mass is 35.5. The van der Waals surface area contributed by atoms with Crippen LogP contribution in [0.5, 0.6) is 0 Å². The number of non-ortho nitro benzene ring substituents is 1. The van der Waals surface area contributed by atoms with Crippen LogP contribution < -0.4 is 10.7 Å². The van der Waals surface area contributed by atoms with Gasteiger partial charge in [0.15, 0.2) is 0 Å². The molecule has 0 heterocycles. The minimum atomic E-state index is -1.02. The largest absolute Gasteiger partial charge is 0.329 e. The molecule has 2 rings (SSSR count). The van der Waals surface area contributed by atoms with Crippen molar-refractivity contribution in [3.8, 4) is 0 Å². The van der Waals surface area contributed by atoms with Gasteiger partial charge in [0.2, 0.25) is 0 Å². The Morgan fingerprint density at radius 1 is 1.08 bits per heavy atom. The lowest BCUT2D eigenvalue weighted by atomic mass is 10.2. The van der Waals surface area contributed by atoms with Gasteiger partial charge in [-0.15, -0.1) is 0 Å². The van der Waals surface area contributed by atoms with Crippen LogP contribution in [-0.2, 0) is 9.59 Å². The third-order valence-corrected chi connectivity index (χ3v) is 3.71. The molecule has 25 heavy (non-hydrogen) atoms. The van der Waals surface area contributed by atoms with Crippen molar-refractivity contribution in [3.63, 3.8) is 0 Å². The number of carbonyl (C=O) groups is 2. The van der Waals surface area contributed by atoms with Gasteiger partial charge in [-0.3, -0.25) is 19.7 Å². The number of nitrogens with one attached hydrogen (secondary N) is 2. The number of amides is 2. The molecule has 10 heteroatoms. The molecule has 0 aliphatic carbocycles. The van der Waals surface area contributed by atoms with E-state index in [0.29, 0.717) is 5.56 Å². The first kappa shape index (κ1) is 18.4. The fourth-order valence-corrected chi connectivity index (χ4v) is 2.03. The number of carbonyl (C=O) groups excluding carboxylic acids is 2. The standard InChI is InChI=1S/C15H10Cl2N4O4/c16-11-2-1-3-12(13(11)17)19-14(22)15(23)20-18-8-9-4-6-10(7-5-9)21(24)25/h1-8H,(H,19,22)(H,20,23)/b18-8-. The Hall–Kier alpha value is -2.97. The summed E-state index contributed by atoms with van der Waals surface area (Å²) in [4.78, 5) is 33.4. The highest BCUT2D eigenvalue weighted by Gasteiger charge is 2.15. The van der Waals surface area contributed by atoms with Crippen molar-refractivity contribution in [3.05, 3.63) is 68.2 Å². The van der Waals surface area contributed by atoms with Crippen LogP contribution in [0.4, 0.5) is 11.4 Å². The topological polar surface area (TPSA) is 114 Å². The highest BCUT2D eigenvalue weighted by molar-refractivity contribution is 6.45. The zero-order valence-electron chi connectivity index (χ0n) is 12.4. The third kappa shape index (κ3) is 5.00. The molecule has 0 atom stereocenters. The Bertz CT molecular complexity index is 853. The molecule has 0 unspecified atom stereocenters. The maximum Gasteiger partial charge on any atom is 0.329 e. The number of nitro benzene ring substituents is 1. The Balaban J connectivity index is 1.93. The van der Waals surface area contributed by atoms with Gasteiger partial charge in [-0.05, 0) is 29.8 Å². The minimum absolute atomic E-state index is 0.0704. The quantitative estimate of drug-likeness (QED) is 0.367. The van der Waals surface area contributed by atoms with Crippen LogP contribution in [0.1, 0.15) is 5.56 Å². The van der Waals surface area contributed by atoms with E-state index in [4.69, 9.17) is 23.2 Å². The van der Waals surface area contributed by atoms with Crippen LogP contribution in [0.15, 0.2) is 47.6 Å². The van der Waals surface area contributed by atoms with E-state index in [-0.39, 0.29) is 21.4 Å². The van der Waals surface area contributed by atoms with E-state index in [1.165, 1.54) is 42.6 Å². The first-order valence-electron chi connectivity index (χ1n) is 6.71. The summed E-state index contributed by atoms with van der Waals surface area (Å²) in [6.45, 7) is 0. The smallest absolute Gasteiger partial charge is 0.316 e. The Morgan fingerprint density at radius 3 is 2.40 bits per heavy atom. The number of nitrogens with zero attached hydrogens (tertiary/aromatic N) is 2. The normalized spacial score (nSPS) is 10.5. The summed E-state index contributed by atoms with van der Waals surface area (Å²) in [5, 5.41) is 16.8. The highest BCUT2D eigenvalue weighted by Crippen LogP contribution is 2.29. The Labute approximate surface area is 151 Å². The summed E-state index contributed by atoms with van der Waals surface area (Å²) in [5.41, 5.74) is 2.65. The van der Waals surface area contributed by atoms with Crippen LogP contribution in [0.3, 0.4) is 0 Å². The van der Waals surface area contributed by atoms with Gasteiger partial charge in [-0.1, -0.05) is 29.3 Å². The van der Waals surface area contributed by atoms with E-state index >= 15 is 0 Å². The summed E-state index contributed by atoms with van der Waals surface area (Å²) in [6.07, 6.45) is 1.24. The van der Waals surface area contributed by atoms with Gasteiger partial charge in [0.25, 0.3) is 5.69 Å². The van der Waals surface area contributed by atoms with E-state index in [0.717, 1.165) is 0 Å². The SMILES string of the molecule is O=C(N/N=C\c1ccc([N+](=O)[O-])cc1)C(=O)Nc1cccc(Cl)c1Cl. The van der Waals surface area contributed by atoms with E-state index in [1.54, 1.807) is 6.07 Å². The van der Waals surface area contributed by atoms with Crippen LogP contribution in [0.2, 0.25) is 10.0 Å². The molecule has 0 saturated heterocycles. The van der Waals surface area contributed by atoms with Gasteiger partial charge >= 0.3 is 11.8 Å². The minimum Gasteiger partial charge on any atom is -0.316 e. The molecule has 0 aromatic heterocycles. The summed E-state index contributed by atoms with van der Waals surface area (Å²) >= 11 is 11.7.